The van der Waals surface area contributed by atoms with Gasteiger partial charge in [-0.3, -0.25) is 33.6 Å². The van der Waals surface area contributed by atoms with Crippen LogP contribution in [0.1, 0.15) is 110 Å². The van der Waals surface area contributed by atoms with Crippen molar-refractivity contribution in [1.82, 2.24) is 29.6 Å². The molecule has 2 aromatic heterocycles. The minimum atomic E-state index is -0.899. The highest BCUT2D eigenvalue weighted by atomic mass is 16.4. The maximum atomic E-state index is 13.5. The predicted octanol–water partition coefficient (Wildman–Crippen LogP) is 13.5. The fourth-order valence-electron chi connectivity index (χ4n) is 14.6. The summed E-state index contributed by atoms with van der Waals surface area (Å²) in [5.41, 5.74) is 18.9. The van der Waals surface area contributed by atoms with Gasteiger partial charge in [-0.25, -0.2) is 4.79 Å². The van der Waals surface area contributed by atoms with E-state index >= 15 is 0 Å². The van der Waals surface area contributed by atoms with Crippen molar-refractivity contribution in [3.8, 4) is 22.5 Å². The Balaban J connectivity index is 0.000000162. The van der Waals surface area contributed by atoms with E-state index in [1.807, 2.05) is 214 Å². The first kappa shape index (κ1) is 69.7. The van der Waals surface area contributed by atoms with Crippen molar-refractivity contribution in [3.05, 3.63) is 252 Å². The molecule has 4 saturated heterocycles. The first-order valence-electron chi connectivity index (χ1n) is 35.2. The summed E-state index contributed by atoms with van der Waals surface area (Å²) in [4.78, 5) is 116. The van der Waals surface area contributed by atoms with Gasteiger partial charge in [0.1, 0.15) is 12.1 Å². The first-order chi connectivity index (χ1) is 49.0. The first-order valence-corrected chi connectivity index (χ1v) is 35.2. The number of aromatic nitrogens is 2. The predicted molar refractivity (Wildman–Crippen MR) is 395 cm³/mol. The molecule has 5 amide bonds. The Bertz CT molecular complexity index is 4580. The van der Waals surface area contributed by atoms with Gasteiger partial charge in [-0.05, 0) is 170 Å². The fraction of sp³-hybridized carbons (Fsp3) is 0.286. The van der Waals surface area contributed by atoms with Crippen LogP contribution in [-0.2, 0) is 64.0 Å². The second-order valence-corrected chi connectivity index (χ2v) is 27.0. The number of carboxylic acids is 1. The van der Waals surface area contributed by atoms with Crippen LogP contribution in [0, 0.1) is 0 Å². The zero-order valence-corrected chi connectivity index (χ0v) is 57.1. The van der Waals surface area contributed by atoms with E-state index < -0.39 is 24.1 Å². The molecule has 4 fully saturated rings. The molecular formula is C84H86N8O9. The van der Waals surface area contributed by atoms with E-state index in [4.69, 9.17) is 10.8 Å². The van der Waals surface area contributed by atoms with Crippen molar-refractivity contribution >= 4 is 80.3 Å². The highest BCUT2D eigenvalue weighted by molar-refractivity contribution is 5.99. The van der Waals surface area contributed by atoms with Crippen LogP contribution >= 0.6 is 0 Å². The maximum absolute atomic E-state index is 13.5. The number of carbonyl (C=O) groups excluding carboxylic acids is 7. The number of carbonyl (C=O) groups is 8. The molecule has 0 radical (unpaired) electrons. The lowest BCUT2D eigenvalue weighted by Crippen LogP contribution is -2.43. The molecule has 8 aromatic carbocycles. The van der Waals surface area contributed by atoms with Crippen LogP contribution in [0.15, 0.2) is 218 Å². The van der Waals surface area contributed by atoms with Gasteiger partial charge in [-0.2, -0.15) is 0 Å². The molecule has 0 aliphatic carbocycles. The molecule has 0 bridgehead atoms. The van der Waals surface area contributed by atoms with E-state index in [2.05, 4.69) is 33.5 Å². The summed E-state index contributed by atoms with van der Waals surface area (Å²) in [6.07, 6.45) is 7.10. The summed E-state index contributed by atoms with van der Waals surface area (Å²) in [7, 11) is 0. The molecule has 0 spiro atoms. The summed E-state index contributed by atoms with van der Waals surface area (Å²) in [6.45, 7) is 6.25. The Morgan fingerprint density at radius 1 is 0.426 bits per heavy atom. The number of nitrogens with zero attached hydrogens (tertiary/aromatic N) is 4. The van der Waals surface area contributed by atoms with Crippen molar-refractivity contribution < 1.29 is 43.5 Å². The van der Waals surface area contributed by atoms with Crippen LogP contribution in [0.3, 0.4) is 0 Å². The zero-order chi connectivity index (χ0) is 70.5. The second kappa shape index (κ2) is 32.2. The van der Waals surface area contributed by atoms with Gasteiger partial charge >= 0.3 is 5.97 Å². The summed E-state index contributed by atoms with van der Waals surface area (Å²) < 4.78 is 0. The van der Waals surface area contributed by atoms with E-state index in [0.717, 1.165) is 115 Å². The lowest BCUT2D eigenvalue weighted by Gasteiger charge is -2.27. The maximum Gasteiger partial charge on any atom is 0.326 e. The molecule has 17 nitrogen and oxygen atoms in total. The van der Waals surface area contributed by atoms with Crippen molar-refractivity contribution in [1.29, 1.82) is 0 Å². The number of benzene rings is 8. The number of H-pyrrole nitrogens is 2. The van der Waals surface area contributed by atoms with E-state index in [1.165, 1.54) is 4.90 Å². The summed E-state index contributed by atoms with van der Waals surface area (Å²) in [5.74, 6) is -1.50. The fourth-order valence-corrected chi connectivity index (χ4v) is 14.6. The largest absolute Gasteiger partial charge is 0.480 e. The molecule has 4 aliphatic rings. The quantitative estimate of drug-likeness (QED) is 0.0480. The number of anilines is 2. The van der Waals surface area contributed by atoms with E-state index in [9.17, 15) is 38.4 Å². The Morgan fingerprint density at radius 3 is 1.23 bits per heavy atom. The molecular weight excluding hydrogens is 1260 g/mol. The smallest absolute Gasteiger partial charge is 0.326 e. The van der Waals surface area contributed by atoms with Gasteiger partial charge in [0.2, 0.25) is 29.5 Å². The third-order valence-corrected chi connectivity index (χ3v) is 20.1. The minimum Gasteiger partial charge on any atom is -0.480 e. The van der Waals surface area contributed by atoms with E-state index in [1.54, 1.807) is 14.7 Å². The van der Waals surface area contributed by atoms with Gasteiger partial charge in [-0.1, -0.05) is 158 Å². The van der Waals surface area contributed by atoms with Crippen LogP contribution in [-0.4, -0.2) is 132 Å². The molecule has 4 aliphatic heterocycles. The molecule has 0 saturated carbocycles. The number of fused-ring (bicyclic) bond motifs is 2. The Kier molecular flexibility index (Phi) is 22.2. The number of hydrogen-bond donors (Lipinski definition) is 5. The Morgan fingerprint density at radius 2 is 0.802 bits per heavy atom. The van der Waals surface area contributed by atoms with Crippen LogP contribution in [0.4, 0.5) is 11.4 Å². The number of nitrogens with one attached hydrogen (secondary N) is 3. The van der Waals surface area contributed by atoms with Crippen LogP contribution in [0.2, 0.25) is 0 Å². The minimum absolute atomic E-state index is 0.0119. The number of hydrogen-bond acceptors (Lipinski definition) is 9. The molecule has 10 aromatic rings. The van der Waals surface area contributed by atoms with Crippen LogP contribution in [0.25, 0.3) is 44.3 Å². The molecule has 6 heterocycles. The summed E-state index contributed by atoms with van der Waals surface area (Å²) >= 11 is 0. The van der Waals surface area contributed by atoms with E-state index in [-0.39, 0.29) is 78.2 Å². The number of rotatable bonds is 19. The topological polar surface area (TPSA) is 239 Å². The number of nitrogens with two attached hydrogens (primary N) is 1. The highest BCUT2D eigenvalue weighted by Gasteiger charge is 2.39. The molecule has 6 N–H and O–H groups in total. The Hall–Kier alpha value is -11.2. The average Bonchev–Trinajstić information content (AvgIpc) is 1.70. The van der Waals surface area contributed by atoms with Crippen molar-refractivity contribution in [2.75, 3.05) is 37.2 Å². The molecule has 6 atom stereocenters. The number of carboxylic acid groups (broad SMARTS) is 1. The number of likely N-dealkylation sites (tertiary alicyclic amines) is 4. The lowest BCUT2D eigenvalue weighted by molar-refractivity contribution is -0.148. The van der Waals surface area contributed by atoms with Crippen molar-refractivity contribution in [3.63, 3.8) is 0 Å². The van der Waals surface area contributed by atoms with Crippen LogP contribution in [0.5, 0.6) is 0 Å². The SMILES string of the molecule is C[C@@H](C(=O)N1CCC[C@H]1C(=O)Cc1ccc2[nH]c(-c3ccc(N)cc3)cc2c1)c1ccccc1.C[C@@H](C(=O)N1CCC[C@H]1C(=O)Cc1ccc2[nH]c(-c3ccc(NC(=O)[C@@H]4CCCN4C(=O)Cc4ccccc4)cc3)cc2c1)c1ccccc1.O=C(O)[C@@H]1CCCN1C(=O)Cc1ccccc1. The molecule has 516 valence electrons. The number of ketones is 2. The zero-order valence-electron chi connectivity index (χ0n) is 57.1. The third kappa shape index (κ3) is 16.9. The van der Waals surface area contributed by atoms with Gasteiger partial charge in [-0.15, -0.1) is 0 Å². The van der Waals surface area contributed by atoms with Gasteiger partial charge in [0, 0.05) is 83.6 Å². The number of Topliss-reactive ketones (excluding diaryl/α,β-unsaturated/α-hetero) is 2. The van der Waals surface area contributed by atoms with Gasteiger partial charge in [0.15, 0.2) is 11.6 Å². The Labute approximate surface area is 588 Å². The van der Waals surface area contributed by atoms with E-state index in [0.29, 0.717) is 57.5 Å². The number of aromatic amines is 2. The normalized spacial score (nSPS) is 17.7. The van der Waals surface area contributed by atoms with Gasteiger partial charge in [0.05, 0.1) is 36.8 Å². The number of amides is 5. The van der Waals surface area contributed by atoms with Crippen molar-refractivity contribution in [2.45, 2.75) is 127 Å². The summed E-state index contributed by atoms with van der Waals surface area (Å²) in [6, 6.07) is 68.4. The monoisotopic (exact) mass is 1350 g/mol. The van der Waals surface area contributed by atoms with Crippen LogP contribution < -0.4 is 11.1 Å². The second-order valence-electron chi connectivity index (χ2n) is 27.0. The average molecular weight is 1350 g/mol. The van der Waals surface area contributed by atoms with Crippen molar-refractivity contribution in [2.24, 2.45) is 0 Å². The molecule has 17 heteroatoms. The molecule has 101 heavy (non-hydrogen) atoms. The summed E-state index contributed by atoms with van der Waals surface area (Å²) in [5, 5.41) is 14.1. The number of nitrogen functional groups attached to an aromatic ring is 1. The van der Waals surface area contributed by atoms with Gasteiger partial charge < -0.3 is 45.7 Å². The molecule has 0 unspecified atom stereocenters. The lowest BCUT2D eigenvalue weighted by atomic mass is 9.97. The molecule has 14 rings (SSSR count). The van der Waals surface area contributed by atoms with Gasteiger partial charge in [0.25, 0.3) is 0 Å². The number of aliphatic carboxylic acids is 1. The highest BCUT2D eigenvalue weighted by Crippen LogP contribution is 2.33. The third-order valence-electron chi connectivity index (χ3n) is 20.1. The standard InChI is InChI=1S/C42H42N4O4.C29H29N3O2.C13H15NO3/c1-28(31-12-6-3-7-13-31)42(50)46-23-8-14-37(46)39(47)25-30-16-21-35-33(24-30)27-36(44-35)32-17-19-34(20-18-32)43-41(49)38-15-9-22-45(38)40(48)26-29-10-4-2-5-11-29;1-19(21-6-3-2-4-7-21)29(34)32-15-5-8-27(32)28(33)17-20-9-14-25-23(16-20)18-26(31-25)22-10-12-24(30)13-11-22;15-12(9-10-5-2-1-3-6-10)14-8-4-7-11(14)13(16)17/h2-7,10-13,16-21,24,27-28,37-38,44H,8-9,14-15,22-23,25-26H2,1H3,(H,43,49);2-4,6-7,9-14,16,18-19,27,31H,5,8,15,17,30H2,1H3;1-3,5-6,11H,4,7-9H2,(H,16,17)/t28-,37+,38+;19-,27+;11-/m110/s1.